The Kier molecular flexibility index (Phi) is 5.75. The van der Waals surface area contributed by atoms with E-state index in [-0.39, 0.29) is 11.9 Å². The van der Waals surface area contributed by atoms with Crippen LogP contribution in [0.1, 0.15) is 24.5 Å². The van der Waals surface area contributed by atoms with Crippen molar-refractivity contribution in [3.8, 4) is 0 Å². The van der Waals surface area contributed by atoms with E-state index in [2.05, 4.69) is 52.6 Å². The van der Waals surface area contributed by atoms with Gasteiger partial charge in [-0.2, -0.15) is 11.8 Å². The molecule has 0 bridgehead atoms. The van der Waals surface area contributed by atoms with Crippen molar-refractivity contribution in [3.63, 3.8) is 0 Å². The molecule has 2 nitrogen and oxygen atoms in total. The normalized spacial score (nSPS) is 21.8. The second-order valence-electron chi connectivity index (χ2n) is 5.26. The number of aliphatic hydroxyl groups excluding tert-OH is 1. The molecule has 0 radical (unpaired) electrons. The van der Waals surface area contributed by atoms with Crippen molar-refractivity contribution < 1.29 is 5.11 Å². The Morgan fingerprint density at radius 3 is 2.95 bits per heavy atom. The Morgan fingerprint density at radius 2 is 2.26 bits per heavy atom. The van der Waals surface area contributed by atoms with Crippen LogP contribution in [0.3, 0.4) is 0 Å². The second-order valence-corrected chi connectivity index (χ2v) is 7.26. The minimum absolute atomic E-state index is 0.242. The largest absolute Gasteiger partial charge is 0.395 e. The number of aryl methyl sites for hydroxylation is 1. The summed E-state index contributed by atoms with van der Waals surface area (Å²) in [6.07, 6.45) is 5.48. The van der Waals surface area contributed by atoms with E-state index in [0.29, 0.717) is 12.1 Å². The van der Waals surface area contributed by atoms with Crippen LogP contribution in [0.4, 0.5) is 0 Å². The molecule has 0 spiro atoms. The summed E-state index contributed by atoms with van der Waals surface area (Å²) in [4.78, 5) is 0. The SMILES string of the molecule is CSC(CO)C(C)NC1CCc2cc(Br)ccc2C1. The van der Waals surface area contributed by atoms with Crippen molar-refractivity contribution in [1.29, 1.82) is 0 Å². The molecule has 4 heteroatoms. The summed E-state index contributed by atoms with van der Waals surface area (Å²) >= 11 is 5.27. The maximum absolute atomic E-state index is 9.35. The average Bonchev–Trinajstić information content (AvgIpc) is 2.40. The van der Waals surface area contributed by atoms with Crippen molar-refractivity contribution in [2.24, 2.45) is 0 Å². The molecular weight excluding hydrogens is 322 g/mol. The van der Waals surface area contributed by atoms with E-state index >= 15 is 0 Å². The summed E-state index contributed by atoms with van der Waals surface area (Å²) in [5.41, 5.74) is 2.94. The van der Waals surface area contributed by atoms with Crippen molar-refractivity contribution in [2.45, 2.75) is 43.5 Å². The molecule has 1 aromatic rings. The highest BCUT2D eigenvalue weighted by Gasteiger charge is 2.23. The van der Waals surface area contributed by atoms with Crippen LogP contribution in [0.25, 0.3) is 0 Å². The molecule has 106 valence electrons. The van der Waals surface area contributed by atoms with E-state index in [0.717, 1.165) is 12.8 Å². The van der Waals surface area contributed by atoms with Crippen molar-refractivity contribution in [3.05, 3.63) is 33.8 Å². The summed E-state index contributed by atoms with van der Waals surface area (Å²) in [5, 5.41) is 13.3. The number of benzene rings is 1. The number of aliphatic hydroxyl groups is 1. The lowest BCUT2D eigenvalue weighted by molar-refractivity contribution is 0.267. The summed E-state index contributed by atoms with van der Waals surface area (Å²) in [6, 6.07) is 7.49. The van der Waals surface area contributed by atoms with Crippen LogP contribution < -0.4 is 5.32 Å². The molecule has 1 aliphatic carbocycles. The first-order valence-corrected chi connectivity index (χ1v) is 8.89. The van der Waals surface area contributed by atoms with Gasteiger partial charge in [0.15, 0.2) is 0 Å². The highest BCUT2D eigenvalue weighted by atomic mass is 79.9. The summed E-state index contributed by atoms with van der Waals surface area (Å²) in [6.45, 7) is 2.42. The predicted octanol–water partition coefficient (Wildman–Crippen LogP) is 3.01. The third-order valence-corrected chi connectivity index (χ3v) is 5.59. The van der Waals surface area contributed by atoms with Gasteiger partial charge in [0.05, 0.1) is 6.61 Å². The van der Waals surface area contributed by atoms with Gasteiger partial charge < -0.3 is 10.4 Å². The fraction of sp³-hybridized carbons (Fsp3) is 0.600. The van der Waals surface area contributed by atoms with Crippen LogP contribution in [-0.2, 0) is 12.8 Å². The van der Waals surface area contributed by atoms with Gasteiger partial charge in [-0.3, -0.25) is 0 Å². The fourth-order valence-corrected chi connectivity index (χ4v) is 3.83. The first-order valence-electron chi connectivity index (χ1n) is 6.81. The number of hydrogen-bond donors (Lipinski definition) is 2. The standard InChI is InChI=1S/C15H22BrNOS/c1-10(15(9-18)19-2)17-14-6-4-11-7-13(16)5-3-12(11)8-14/h3,5,7,10,14-15,17-18H,4,6,8-9H2,1-2H3. The smallest absolute Gasteiger partial charge is 0.0564 e. The van der Waals surface area contributed by atoms with E-state index in [4.69, 9.17) is 0 Å². The lowest BCUT2D eigenvalue weighted by Gasteiger charge is -2.31. The predicted molar refractivity (Wildman–Crippen MR) is 86.9 cm³/mol. The number of thioether (sulfide) groups is 1. The highest BCUT2D eigenvalue weighted by molar-refractivity contribution is 9.10. The van der Waals surface area contributed by atoms with Crippen molar-refractivity contribution >= 4 is 27.7 Å². The highest BCUT2D eigenvalue weighted by Crippen LogP contribution is 2.25. The first kappa shape index (κ1) is 15.4. The lowest BCUT2D eigenvalue weighted by Crippen LogP contribution is -2.45. The van der Waals surface area contributed by atoms with Gasteiger partial charge in [-0.25, -0.2) is 0 Å². The third kappa shape index (κ3) is 3.97. The Labute approximate surface area is 128 Å². The van der Waals surface area contributed by atoms with Gasteiger partial charge in [-0.15, -0.1) is 0 Å². The van der Waals surface area contributed by atoms with Crippen LogP contribution >= 0.6 is 27.7 Å². The number of rotatable bonds is 5. The van der Waals surface area contributed by atoms with Crippen LogP contribution in [0.2, 0.25) is 0 Å². The second kappa shape index (κ2) is 7.11. The molecule has 3 unspecified atom stereocenters. The molecule has 0 aliphatic heterocycles. The maximum Gasteiger partial charge on any atom is 0.0564 e. The van der Waals surface area contributed by atoms with Crippen molar-refractivity contribution in [2.75, 3.05) is 12.9 Å². The molecule has 1 aliphatic rings. The Balaban J connectivity index is 1.96. The minimum Gasteiger partial charge on any atom is -0.395 e. The number of hydrogen-bond acceptors (Lipinski definition) is 3. The van der Waals surface area contributed by atoms with Gasteiger partial charge >= 0.3 is 0 Å². The van der Waals surface area contributed by atoms with Crippen LogP contribution in [0.5, 0.6) is 0 Å². The van der Waals surface area contributed by atoms with Gasteiger partial charge in [-0.1, -0.05) is 22.0 Å². The van der Waals surface area contributed by atoms with E-state index in [1.165, 1.54) is 22.0 Å². The van der Waals surface area contributed by atoms with Crippen LogP contribution in [0, 0.1) is 0 Å². The molecule has 0 amide bonds. The molecule has 2 N–H and O–H groups in total. The summed E-state index contributed by atoms with van der Waals surface area (Å²) < 4.78 is 1.17. The van der Waals surface area contributed by atoms with E-state index in [1.807, 2.05) is 0 Å². The Hall–Kier alpha value is -0.0300. The molecule has 0 aromatic heterocycles. The van der Waals surface area contributed by atoms with E-state index in [1.54, 1.807) is 11.8 Å². The zero-order valence-corrected chi connectivity index (χ0v) is 13.9. The van der Waals surface area contributed by atoms with Gasteiger partial charge in [0.2, 0.25) is 0 Å². The fourth-order valence-electron chi connectivity index (χ4n) is 2.78. The molecule has 0 saturated carbocycles. The van der Waals surface area contributed by atoms with Gasteiger partial charge in [0.1, 0.15) is 0 Å². The maximum atomic E-state index is 9.35. The topological polar surface area (TPSA) is 32.3 Å². The van der Waals surface area contributed by atoms with Crippen LogP contribution in [0.15, 0.2) is 22.7 Å². The van der Waals surface area contributed by atoms with Gasteiger partial charge in [0, 0.05) is 21.8 Å². The molecule has 0 saturated heterocycles. The Morgan fingerprint density at radius 1 is 1.47 bits per heavy atom. The van der Waals surface area contributed by atoms with Gasteiger partial charge in [-0.05, 0) is 55.7 Å². The molecule has 1 aromatic carbocycles. The Bertz CT molecular complexity index is 423. The number of nitrogens with one attached hydrogen (secondary N) is 1. The number of halogens is 1. The van der Waals surface area contributed by atoms with E-state index in [9.17, 15) is 5.11 Å². The van der Waals surface area contributed by atoms with Gasteiger partial charge in [0.25, 0.3) is 0 Å². The minimum atomic E-state index is 0.242. The third-order valence-electron chi connectivity index (χ3n) is 3.94. The summed E-state index contributed by atoms with van der Waals surface area (Å²) in [5.74, 6) is 0. The molecule has 3 atom stereocenters. The zero-order chi connectivity index (χ0) is 13.8. The van der Waals surface area contributed by atoms with E-state index < -0.39 is 0 Å². The molecule has 2 rings (SSSR count). The molecule has 0 heterocycles. The monoisotopic (exact) mass is 343 g/mol. The molecule has 0 fully saturated rings. The first-order chi connectivity index (χ1) is 9.13. The molecule has 19 heavy (non-hydrogen) atoms. The summed E-state index contributed by atoms with van der Waals surface area (Å²) in [7, 11) is 0. The van der Waals surface area contributed by atoms with Crippen LogP contribution in [-0.4, -0.2) is 35.3 Å². The zero-order valence-electron chi connectivity index (χ0n) is 11.5. The average molecular weight is 344 g/mol. The number of fused-ring (bicyclic) bond motifs is 1. The molecular formula is C15H22BrNOS. The lowest BCUT2D eigenvalue weighted by atomic mass is 9.88. The quantitative estimate of drug-likeness (QED) is 0.861. The van der Waals surface area contributed by atoms with Crippen molar-refractivity contribution in [1.82, 2.24) is 5.32 Å².